The number of amides is 1. The first-order valence-electron chi connectivity index (χ1n) is 8.78. The fourth-order valence-electron chi connectivity index (χ4n) is 2.98. The molecule has 0 aromatic heterocycles. The van der Waals surface area contributed by atoms with E-state index in [1.165, 1.54) is 18.2 Å². The molecular weight excluding hydrogens is 333 g/mol. The van der Waals surface area contributed by atoms with Gasteiger partial charge in [0.1, 0.15) is 11.6 Å². The van der Waals surface area contributed by atoms with Crippen LogP contribution in [-0.4, -0.2) is 54.0 Å². The van der Waals surface area contributed by atoms with Crippen LogP contribution in [0, 0.1) is 5.82 Å². The van der Waals surface area contributed by atoms with E-state index in [0.717, 1.165) is 37.4 Å². The number of hydrogen-bond acceptors (Lipinski definition) is 4. The van der Waals surface area contributed by atoms with E-state index in [4.69, 9.17) is 0 Å². The molecule has 3 rings (SSSR count). The molecule has 1 aliphatic rings. The van der Waals surface area contributed by atoms with Gasteiger partial charge in [-0.25, -0.2) is 4.39 Å². The van der Waals surface area contributed by atoms with Gasteiger partial charge in [0.05, 0.1) is 6.42 Å². The average Bonchev–Trinajstić information content (AvgIpc) is 2.64. The quantitative estimate of drug-likeness (QED) is 0.863. The van der Waals surface area contributed by atoms with Crippen molar-refractivity contribution < 1.29 is 14.3 Å². The zero-order chi connectivity index (χ0) is 18.5. The van der Waals surface area contributed by atoms with Crippen molar-refractivity contribution in [1.29, 1.82) is 0 Å². The minimum Gasteiger partial charge on any atom is -0.508 e. The highest BCUT2D eigenvalue weighted by Gasteiger charge is 2.18. The lowest BCUT2D eigenvalue weighted by Crippen LogP contribution is -2.47. The van der Waals surface area contributed by atoms with Crippen LogP contribution in [0.1, 0.15) is 11.1 Å². The van der Waals surface area contributed by atoms with E-state index in [1.807, 2.05) is 29.2 Å². The number of nitrogens with zero attached hydrogens (tertiary/aromatic N) is 2. The van der Waals surface area contributed by atoms with Gasteiger partial charge < -0.3 is 20.2 Å². The molecule has 0 saturated carbocycles. The van der Waals surface area contributed by atoms with Crippen LogP contribution in [0.2, 0.25) is 0 Å². The Morgan fingerprint density at radius 2 is 1.81 bits per heavy atom. The summed E-state index contributed by atoms with van der Waals surface area (Å²) in [6.07, 6.45) is 0.397. The normalized spacial score (nSPS) is 15.1. The Morgan fingerprint density at radius 3 is 2.50 bits per heavy atom. The highest BCUT2D eigenvalue weighted by Crippen LogP contribution is 2.20. The Labute approximate surface area is 153 Å². The van der Waals surface area contributed by atoms with Gasteiger partial charge in [0.25, 0.3) is 0 Å². The molecule has 0 spiro atoms. The van der Waals surface area contributed by atoms with Crippen molar-refractivity contribution in [2.45, 2.75) is 13.0 Å². The average molecular weight is 357 g/mol. The Morgan fingerprint density at radius 1 is 1.12 bits per heavy atom. The third kappa shape index (κ3) is 4.73. The van der Waals surface area contributed by atoms with Gasteiger partial charge >= 0.3 is 0 Å². The van der Waals surface area contributed by atoms with E-state index in [0.29, 0.717) is 18.5 Å². The monoisotopic (exact) mass is 357 g/mol. The summed E-state index contributed by atoms with van der Waals surface area (Å²) in [5.41, 5.74) is 2.32. The van der Waals surface area contributed by atoms with Gasteiger partial charge in [-0.05, 0) is 42.9 Å². The minimum atomic E-state index is -0.377. The molecule has 26 heavy (non-hydrogen) atoms. The minimum absolute atomic E-state index is 0.0632. The molecular formula is C20H24FN3O2. The number of anilines is 1. The molecule has 1 heterocycles. The first kappa shape index (κ1) is 18.2. The number of aromatic hydroxyl groups is 1. The standard InChI is InChI=1S/C20H24FN3O2/c1-23-8-10-24(11-9-23)20(26)12-15-2-5-18(6-3-15)22-14-16-13-17(21)4-7-19(16)25/h2-7,13,22,25H,8-12,14H2,1H3. The van der Waals surface area contributed by atoms with Gasteiger partial charge in [-0.1, -0.05) is 12.1 Å². The summed E-state index contributed by atoms with van der Waals surface area (Å²) >= 11 is 0. The largest absolute Gasteiger partial charge is 0.508 e. The molecule has 1 saturated heterocycles. The van der Waals surface area contributed by atoms with Crippen molar-refractivity contribution in [2.24, 2.45) is 0 Å². The summed E-state index contributed by atoms with van der Waals surface area (Å²) in [5, 5.41) is 12.9. The molecule has 0 aliphatic carbocycles. The van der Waals surface area contributed by atoms with Crippen molar-refractivity contribution in [3.8, 4) is 5.75 Å². The number of piperazine rings is 1. The summed E-state index contributed by atoms with van der Waals surface area (Å²) in [5.74, 6) is -0.158. The molecule has 2 N–H and O–H groups in total. The number of phenolic OH excluding ortho intramolecular Hbond substituents is 1. The van der Waals surface area contributed by atoms with Crippen LogP contribution in [0.15, 0.2) is 42.5 Å². The summed E-state index contributed by atoms with van der Waals surface area (Å²) < 4.78 is 13.2. The second-order valence-corrected chi connectivity index (χ2v) is 6.68. The molecule has 0 radical (unpaired) electrons. The maximum atomic E-state index is 13.2. The molecule has 1 amide bonds. The van der Waals surface area contributed by atoms with Crippen LogP contribution >= 0.6 is 0 Å². The van der Waals surface area contributed by atoms with Gasteiger partial charge in [-0.3, -0.25) is 4.79 Å². The SMILES string of the molecule is CN1CCN(C(=O)Cc2ccc(NCc3cc(F)ccc3O)cc2)CC1. The first-order valence-corrected chi connectivity index (χ1v) is 8.78. The number of benzene rings is 2. The number of phenols is 1. The summed E-state index contributed by atoms with van der Waals surface area (Å²) in [7, 11) is 2.07. The number of carbonyl (C=O) groups is 1. The third-order valence-corrected chi connectivity index (χ3v) is 4.69. The van der Waals surface area contributed by atoms with Crippen molar-refractivity contribution >= 4 is 11.6 Å². The van der Waals surface area contributed by atoms with Gasteiger partial charge in [0, 0.05) is 44.0 Å². The van der Waals surface area contributed by atoms with E-state index >= 15 is 0 Å². The van der Waals surface area contributed by atoms with Crippen LogP contribution in [0.3, 0.4) is 0 Å². The maximum Gasteiger partial charge on any atom is 0.227 e. The van der Waals surface area contributed by atoms with E-state index in [9.17, 15) is 14.3 Å². The van der Waals surface area contributed by atoms with Crippen molar-refractivity contribution in [3.05, 3.63) is 59.4 Å². The van der Waals surface area contributed by atoms with E-state index < -0.39 is 0 Å². The molecule has 0 atom stereocenters. The zero-order valence-corrected chi connectivity index (χ0v) is 14.9. The van der Waals surface area contributed by atoms with E-state index in [-0.39, 0.29) is 17.5 Å². The maximum absolute atomic E-state index is 13.2. The molecule has 2 aromatic carbocycles. The lowest BCUT2D eigenvalue weighted by atomic mass is 10.1. The molecule has 1 fully saturated rings. The van der Waals surface area contributed by atoms with Crippen LogP contribution in [0.4, 0.5) is 10.1 Å². The summed E-state index contributed by atoms with van der Waals surface area (Å²) in [6, 6.07) is 11.5. The Hall–Kier alpha value is -2.60. The van der Waals surface area contributed by atoms with Crippen LogP contribution < -0.4 is 5.32 Å². The van der Waals surface area contributed by atoms with Crippen molar-refractivity contribution in [2.75, 3.05) is 38.5 Å². The van der Waals surface area contributed by atoms with Gasteiger partial charge in [-0.15, -0.1) is 0 Å². The van der Waals surface area contributed by atoms with Crippen molar-refractivity contribution in [3.63, 3.8) is 0 Å². The van der Waals surface area contributed by atoms with Crippen LogP contribution in [0.25, 0.3) is 0 Å². The van der Waals surface area contributed by atoms with Gasteiger partial charge in [0.15, 0.2) is 0 Å². The summed E-state index contributed by atoms with van der Waals surface area (Å²) in [4.78, 5) is 16.5. The summed E-state index contributed by atoms with van der Waals surface area (Å²) in [6.45, 7) is 3.73. The molecule has 138 valence electrons. The number of likely N-dealkylation sites (N-methyl/N-ethyl adjacent to an activating group) is 1. The van der Waals surface area contributed by atoms with Gasteiger partial charge in [0.2, 0.25) is 5.91 Å². The predicted molar refractivity (Wildman–Crippen MR) is 99.6 cm³/mol. The fraction of sp³-hybridized carbons (Fsp3) is 0.350. The number of hydrogen-bond donors (Lipinski definition) is 2. The first-order chi connectivity index (χ1) is 12.5. The number of carbonyl (C=O) groups excluding carboxylic acids is 1. The predicted octanol–water partition coefficient (Wildman–Crippen LogP) is 2.46. The third-order valence-electron chi connectivity index (χ3n) is 4.69. The second kappa shape index (κ2) is 8.19. The number of halogens is 1. The lowest BCUT2D eigenvalue weighted by Gasteiger charge is -2.32. The molecule has 2 aromatic rings. The van der Waals surface area contributed by atoms with Crippen molar-refractivity contribution in [1.82, 2.24) is 9.80 Å². The lowest BCUT2D eigenvalue weighted by molar-refractivity contribution is -0.132. The second-order valence-electron chi connectivity index (χ2n) is 6.68. The number of nitrogens with one attached hydrogen (secondary N) is 1. The van der Waals surface area contributed by atoms with Gasteiger partial charge in [-0.2, -0.15) is 0 Å². The smallest absolute Gasteiger partial charge is 0.227 e. The van der Waals surface area contributed by atoms with E-state index in [1.54, 1.807) is 0 Å². The molecule has 0 bridgehead atoms. The van der Waals surface area contributed by atoms with Crippen LogP contribution in [-0.2, 0) is 17.8 Å². The Bertz CT molecular complexity index is 756. The molecule has 0 unspecified atom stereocenters. The highest BCUT2D eigenvalue weighted by molar-refractivity contribution is 5.79. The fourth-order valence-corrected chi connectivity index (χ4v) is 2.98. The molecule has 5 nitrogen and oxygen atoms in total. The van der Waals surface area contributed by atoms with E-state index in [2.05, 4.69) is 17.3 Å². The molecule has 1 aliphatic heterocycles. The Balaban J connectivity index is 1.53. The zero-order valence-electron chi connectivity index (χ0n) is 14.9. The number of rotatable bonds is 5. The highest BCUT2D eigenvalue weighted by atomic mass is 19.1. The Kier molecular flexibility index (Phi) is 5.73. The molecule has 6 heteroatoms. The topological polar surface area (TPSA) is 55.8 Å². The van der Waals surface area contributed by atoms with Crippen LogP contribution in [0.5, 0.6) is 5.75 Å².